The van der Waals surface area contributed by atoms with Crippen molar-refractivity contribution in [3.63, 3.8) is 0 Å². The zero-order valence-electron chi connectivity index (χ0n) is 19.4. The molecule has 10 heteroatoms. The molecule has 1 saturated carbocycles. The lowest BCUT2D eigenvalue weighted by Crippen LogP contribution is -2.37. The van der Waals surface area contributed by atoms with Crippen molar-refractivity contribution in [2.45, 2.75) is 70.7 Å². The van der Waals surface area contributed by atoms with E-state index >= 15 is 0 Å². The highest BCUT2D eigenvalue weighted by Crippen LogP contribution is 2.34. The van der Waals surface area contributed by atoms with E-state index in [0.29, 0.717) is 16.9 Å². The summed E-state index contributed by atoms with van der Waals surface area (Å²) in [6.45, 7) is 6.78. The number of halogens is 3. The minimum atomic E-state index is -4.32. The predicted molar refractivity (Wildman–Crippen MR) is 123 cm³/mol. The van der Waals surface area contributed by atoms with Crippen molar-refractivity contribution in [3.8, 4) is 0 Å². The summed E-state index contributed by atoms with van der Waals surface area (Å²) in [5.74, 6) is 5.72. The van der Waals surface area contributed by atoms with Crippen LogP contribution in [-0.4, -0.2) is 47.6 Å². The van der Waals surface area contributed by atoms with Gasteiger partial charge in [-0.15, -0.1) is 5.10 Å². The monoisotopic (exact) mass is 467 g/mol. The Balaban J connectivity index is 1.92. The summed E-state index contributed by atoms with van der Waals surface area (Å²) in [7, 11) is 0. The quantitative estimate of drug-likeness (QED) is 0.169. The third-order valence-electron chi connectivity index (χ3n) is 5.79. The number of nitrogens with two attached hydrogens (primary N) is 1. The number of aromatic nitrogens is 1. The Morgan fingerprint density at radius 2 is 1.97 bits per heavy atom. The van der Waals surface area contributed by atoms with Crippen molar-refractivity contribution in [1.29, 1.82) is 0 Å². The molecule has 2 aromatic rings. The molecule has 0 radical (unpaired) electrons. The van der Waals surface area contributed by atoms with Gasteiger partial charge in [-0.1, -0.05) is 20.8 Å². The van der Waals surface area contributed by atoms with Gasteiger partial charge in [0.1, 0.15) is 19.0 Å². The third-order valence-corrected chi connectivity index (χ3v) is 5.79. The molecule has 33 heavy (non-hydrogen) atoms. The fourth-order valence-electron chi connectivity index (χ4n) is 4.05. The summed E-state index contributed by atoms with van der Waals surface area (Å²) < 4.78 is 43.9. The lowest BCUT2D eigenvalue weighted by Gasteiger charge is -2.24. The second-order valence-corrected chi connectivity index (χ2v) is 9.49. The highest BCUT2D eigenvalue weighted by atomic mass is 19.4. The first-order valence-electron chi connectivity index (χ1n) is 11.0. The standard InChI is InChI=1S/C23H32F3N5O2/c1-13-8-18(21(31-27)33-12-29-17-6-5-7-19(17)32)30-20-15(13)9-14(28-11-23(24,25)26)10-16(20)22(2,3)4/h8-10,17,19,28-29,32H,5-7,11-12,27H2,1-4H3. The summed E-state index contributed by atoms with van der Waals surface area (Å²) in [6.07, 6.45) is -2.14. The molecule has 1 heterocycles. The molecule has 3 rings (SSSR count). The number of hydrogen-bond donors (Lipinski definition) is 4. The van der Waals surface area contributed by atoms with Gasteiger partial charge in [0.15, 0.2) is 0 Å². The van der Waals surface area contributed by atoms with Crippen LogP contribution in [0.4, 0.5) is 18.9 Å². The molecule has 0 aliphatic heterocycles. The Kier molecular flexibility index (Phi) is 7.38. The lowest BCUT2D eigenvalue weighted by molar-refractivity contribution is -0.115. The molecule has 2 unspecified atom stereocenters. The molecular weight excluding hydrogens is 435 g/mol. The van der Waals surface area contributed by atoms with Gasteiger partial charge < -0.3 is 21.0 Å². The first kappa shape index (κ1) is 25.0. The number of anilines is 1. The Morgan fingerprint density at radius 3 is 2.55 bits per heavy atom. The van der Waals surface area contributed by atoms with Crippen LogP contribution < -0.4 is 16.5 Å². The first-order valence-corrected chi connectivity index (χ1v) is 11.0. The van der Waals surface area contributed by atoms with E-state index < -0.39 is 18.8 Å². The Hall–Kier alpha value is -2.59. The van der Waals surface area contributed by atoms with Crippen LogP contribution in [0.2, 0.25) is 0 Å². The lowest BCUT2D eigenvalue weighted by atomic mass is 9.84. The van der Waals surface area contributed by atoms with E-state index in [4.69, 9.17) is 15.6 Å². The zero-order chi connectivity index (χ0) is 24.4. The van der Waals surface area contributed by atoms with Crippen molar-refractivity contribution in [2.75, 3.05) is 18.6 Å². The number of ether oxygens (including phenoxy) is 1. The highest BCUT2D eigenvalue weighted by Gasteiger charge is 2.28. The number of nitrogens with one attached hydrogen (secondary N) is 2. The van der Waals surface area contributed by atoms with Crippen molar-refractivity contribution >= 4 is 22.5 Å². The van der Waals surface area contributed by atoms with Crippen LogP contribution in [0.5, 0.6) is 0 Å². The predicted octanol–water partition coefficient (Wildman–Crippen LogP) is 3.91. The topological polar surface area (TPSA) is 105 Å². The molecule has 1 aromatic carbocycles. The van der Waals surface area contributed by atoms with Gasteiger partial charge in [0.2, 0.25) is 0 Å². The Morgan fingerprint density at radius 1 is 1.24 bits per heavy atom. The van der Waals surface area contributed by atoms with Crippen LogP contribution in [-0.2, 0) is 10.2 Å². The van der Waals surface area contributed by atoms with Gasteiger partial charge >= 0.3 is 6.18 Å². The van der Waals surface area contributed by atoms with Crippen LogP contribution in [0.25, 0.3) is 10.9 Å². The molecule has 182 valence electrons. The fourth-order valence-corrected chi connectivity index (χ4v) is 4.05. The number of nitrogens with zero attached hydrogens (tertiary/aromatic N) is 2. The second-order valence-electron chi connectivity index (χ2n) is 9.49. The SMILES string of the molecule is Cc1cc(C(=NN)OCNC2CCCC2O)nc2c(C(C)(C)C)cc(NCC(F)(F)F)cc12. The Bertz CT molecular complexity index is 1020. The molecule has 1 fully saturated rings. The number of aryl methyl sites for hydroxylation is 1. The average Bonchev–Trinajstić information content (AvgIpc) is 3.12. The van der Waals surface area contributed by atoms with Gasteiger partial charge in [-0.3, -0.25) is 5.32 Å². The van der Waals surface area contributed by atoms with E-state index in [1.54, 1.807) is 18.2 Å². The van der Waals surface area contributed by atoms with Crippen LogP contribution >= 0.6 is 0 Å². The van der Waals surface area contributed by atoms with Gasteiger partial charge in [-0.05, 0) is 60.9 Å². The smallest absolute Gasteiger partial charge is 0.405 e. The molecule has 2 atom stereocenters. The Labute approximate surface area is 191 Å². The normalized spacial score (nSPS) is 19.8. The van der Waals surface area contributed by atoms with E-state index in [-0.39, 0.29) is 24.1 Å². The zero-order valence-corrected chi connectivity index (χ0v) is 19.4. The average molecular weight is 468 g/mol. The van der Waals surface area contributed by atoms with Gasteiger partial charge in [0, 0.05) is 17.1 Å². The van der Waals surface area contributed by atoms with Crippen LogP contribution in [0.3, 0.4) is 0 Å². The summed E-state index contributed by atoms with van der Waals surface area (Å²) in [5.41, 5.74) is 2.67. The molecule has 0 bridgehead atoms. The van der Waals surface area contributed by atoms with Crippen LogP contribution in [0, 0.1) is 6.92 Å². The maximum Gasteiger partial charge on any atom is 0.405 e. The maximum absolute atomic E-state index is 12.7. The molecule has 5 N–H and O–H groups in total. The summed E-state index contributed by atoms with van der Waals surface area (Å²) in [4.78, 5) is 4.73. The number of benzene rings is 1. The van der Waals surface area contributed by atoms with Crippen LogP contribution in [0.1, 0.15) is 56.9 Å². The van der Waals surface area contributed by atoms with Gasteiger partial charge in [0.05, 0.1) is 11.6 Å². The minimum absolute atomic E-state index is 0.0366. The van der Waals surface area contributed by atoms with Crippen LogP contribution in [0.15, 0.2) is 23.3 Å². The van der Waals surface area contributed by atoms with Gasteiger partial charge in [-0.25, -0.2) is 4.98 Å². The first-order chi connectivity index (χ1) is 15.4. The molecule has 0 saturated heterocycles. The molecular formula is C23H32F3N5O2. The highest BCUT2D eigenvalue weighted by molar-refractivity contribution is 5.97. The molecule has 0 spiro atoms. The number of hydrazone groups is 1. The van der Waals surface area contributed by atoms with E-state index in [1.165, 1.54) is 0 Å². The number of hydrogen-bond acceptors (Lipinski definition) is 7. The maximum atomic E-state index is 12.7. The number of fused-ring (bicyclic) bond motifs is 1. The van der Waals surface area contributed by atoms with Gasteiger partial charge in [-0.2, -0.15) is 13.2 Å². The van der Waals surface area contributed by atoms with Crippen molar-refractivity contribution in [1.82, 2.24) is 10.3 Å². The summed E-state index contributed by atoms with van der Waals surface area (Å²) in [6, 6.07) is 5.09. The second kappa shape index (κ2) is 9.72. The van der Waals surface area contributed by atoms with E-state index in [1.807, 2.05) is 27.7 Å². The molecule has 1 aromatic heterocycles. The number of rotatable bonds is 6. The van der Waals surface area contributed by atoms with Gasteiger partial charge in [0.25, 0.3) is 5.90 Å². The molecule has 7 nitrogen and oxygen atoms in total. The summed E-state index contributed by atoms with van der Waals surface area (Å²) in [5, 5.41) is 20.0. The van der Waals surface area contributed by atoms with E-state index in [9.17, 15) is 18.3 Å². The minimum Gasteiger partial charge on any atom is -0.459 e. The number of aliphatic hydroxyl groups is 1. The number of alkyl halides is 3. The van der Waals surface area contributed by atoms with E-state index in [2.05, 4.69) is 15.7 Å². The van der Waals surface area contributed by atoms with Crippen molar-refractivity contribution in [3.05, 3.63) is 35.0 Å². The molecule has 1 aliphatic rings. The number of aliphatic hydroxyl groups excluding tert-OH is 1. The molecule has 1 aliphatic carbocycles. The molecule has 0 amide bonds. The fraction of sp³-hybridized carbons (Fsp3) is 0.565. The van der Waals surface area contributed by atoms with E-state index in [0.717, 1.165) is 35.8 Å². The third kappa shape index (κ3) is 6.26. The number of pyridine rings is 1. The van der Waals surface area contributed by atoms with Crippen molar-refractivity contribution in [2.24, 2.45) is 10.9 Å². The van der Waals surface area contributed by atoms with Crippen molar-refractivity contribution < 1.29 is 23.0 Å². The summed E-state index contributed by atoms with van der Waals surface area (Å²) >= 11 is 0. The largest absolute Gasteiger partial charge is 0.459 e.